The molecule has 0 aliphatic rings. The molecule has 0 atom stereocenters. The molecule has 0 aliphatic heterocycles. The number of hydrogen-bond donors (Lipinski definition) is 0. The lowest BCUT2D eigenvalue weighted by molar-refractivity contribution is 1.17. The molecule has 0 fully saturated rings. The number of aromatic nitrogens is 2. The van der Waals surface area contributed by atoms with Gasteiger partial charge in [-0.05, 0) is 101 Å². The molecule has 0 saturated heterocycles. The van der Waals surface area contributed by atoms with Gasteiger partial charge in [0.05, 0.1) is 33.3 Å². The molecule has 59 heavy (non-hydrogen) atoms. The first-order valence-corrected chi connectivity index (χ1v) is 20.7. The Kier molecular flexibility index (Phi) is 7.47. The molecule has 4 heteroatoms. The lowest BCUT2D eigenvalue weighted by atomic mass is 9.91. The smallest absolute Gasteiger partial charge is 0.102 e. The summed E-state index contributed by atoms with van der Waals surface area (Å²) in [5, 5.41) is 18.4. The van der Waals surface area contributed by atoms with Crippen molar-refractivity contribution in [3.63, 3.8) is 0 Å². The van der Waals surface area contributed by atoms with E-state index in [0.29, 0.717) is 5.56 Å². The van der Waals surface area contributed by atoms with Gasteiger partial charge in [-0.15, -0.1) is 11.3 Å². The fourth-order valence-electron chi connectivity index (χ4n) is 9.35. The van der Waals surface area contributed by atoms with Crippen LogP contribution in [-0.4, -0.2) is 9.13 Å². The van der Waals surface area contributed by atoms with E-state index in [2.05, 4.69) is 215 Å². The highest BCUT2D eigenvalue weighted by Crippen LogP contribution is 2.45. The van der Waals surface area contributed by atoms with Crippen molar-refractivity contribution in [3.8, 4) is 50.8 Å². The van der Waals surface area contributed by atoms with Crippen molar-refractivity contribution in [2.45, 2.75) is 0 Å². The zero-order valence-corrected chi connectivity index (χ0v) is 32.6. The van der Waals surface area contributed by atoms with E-state index in [4.69, 9.17) is 0 Å². The number of rotatable bonds is 5. The van der Waals surface area contributed by atoms with E-state index in [1.54, 1.807) is 11.3 Å². The summed E-state index contributed by atoms with van der Waals surface area (Å²) in [6, 6.07) is 74.3. The zero-order chi connectivity index (χ0) is 39.0. The minimum atomic E-state index is 0.652. The summed E-state index contributed by atoms with van der Waals surface area (Å²) >= 11 is 1.80. The van der Waals surface area contributed by atoms with Crippen molar-refractivity contribution in [1.29, 1.82) is 5.26 Å². The molecular formula is C55H33N3S. The van der Waals surface area contributed by atoms with E-state index < -0.39 is 0 Å². The molecule has 0 aliphatic carbocycles. The van der Waals surface area contributed by atoms with E-state index in [1.807, 2.05) is 0 Å². The molecular weight excluding hydrogens is 735 g/mol. The molecule has 3 nitrogen and oxygen atoms in total. The summed E-state index contributed by atoms with van der Waals surface area (Å²) in [7, 11) is 0. The van der Waals surface area contributed by atoms with E-state index >= 15 is 0 Å². The van der Waals surface area contributed by atoms with Crippen LogP contribution in [0.4, 0.5) is 0 Å². The van der Waals surface area contributed by atoms with Gasteiger partial charge < -0.3 is 9.13 Å². The van der Waals surface area contributed by atoms with Crippen LogP contribution in [0.5, 0.6) is 0 Å². The predicted octanol–water partition coefficient (Wildman–Crippen LogP) is 15.1. The SMILES string of the molecule is N#Cc1c(-c2cccc3sc4ccccc4c23)cc(-c2ccccc2)cc1-n1c2ccccc2c2cc(-c3ccc4c(c3)c3ccccc3n4-c3ccccc3)ccc21. The number of fused-ring (bicyclic) bond motifs is 9. The second-order valence-corrected chi connectivity index (χ2v) is 16.3. The molecule has 0 bridgehead atoms. The van der Waals surface area contributed by atoms with Crippen molar-refractivity contribution in [1.82, 2.24) is 9.13 Å². The third kappa shape index (κ3) is 5.12. The molecule has 0 unspecified atom stereocenters. The lowest BCUT2D eigenvalue weighted by Crippen LogP contribution is -2.01. The summed E-state index contributed by atoms with van der Waals surface area (Å²) in [6.45, 7) is 0. The molecule has 12 aromatic rings. The van der Waals surface area contributed by atoms with Gasteiger partial charge in [0.1, 0.15) is 6.07 Å². The van der Waals surface area contributed by atoms with Crippen LogP contribution in [0.15, 0.2) is 200 Å². The number of nitrogens with zero attached hydrogens (tertiary/aromatic N) is 3. The highest BCUT2D eigenvalue weighted by Gasteiger charge is 2.22. The van der Waals surface area contributed by atoms with Crippen molar-refractivity contribution in [3.05, 3.63) is 206 Å². The second-order valence-electron chi connectivity index (χ2n) is 15.2. The highest BCUT2D eigenvalue weighted by atomic mass is 32.1. The van der Waals surface area contributed by atoms with Gasteiger partial charge in [-0.25, -0.2) is 0 Å². The van der Waals surface area contributed by atoms with Gasteiger partial charge >= 0.3 is 0 Å². The Morgan fingerprint density at radius 1 is 0.373 bits per heavy atom. The van der Waals surface area contributed by atoms with Gasteiger partial charge in [-0.3, -0.25) is 0 Å². The Bertz CT molecular complexity index is 3670. The Hall–Kier alpha value is -7.71. The van der Waals surface area contributed by atoms with Gasteiger partial charge in [-0.2, -0.15) is 5.26 Å². The fourth-order valence-corrected chi connectivity index (χ4v) is 10.5. The topological polar surface area (TPSA) is 33.6 Å². The number of benzene rings is 9. The fraction of sp³-hybridized carbons (Fsp3) is 0. The summed E-state index contributed by atoms with van der Waals surface area (Å²) in [6.07, 6.45) is 0. The van der Waals surface area contributed by atoms with Gasteiger partial charge in [0.25, 0.3) is 0 Å². The summed E-state index contributed by atoms with van der Waals surface area (Å²) < 4.78 is 7.13. The largest absolute Gasteiger partial charge is 0.309 e. The first kappa shape index (κ1) is 33.4. The lowest BCUT2D eigenvalue weighted by Gasteiger charge is -2.17. The average molecular weight is 768 g/mol. The molecule has 3 heterocycles. The Balaban J connectivity index is 1.10. The first-order chi connectivity index (χ1) is 29.2. The van der Waals surface area contributed by atoms with Crippen LogP contribution in [0.3, 0.4) is 0 Å². The third-order valence-electron chi connectivity index (χ3n) is 12.0. The minimum Gasteiger partial charge on any atom is -0.309 e. The summed E-state index contributed by atoms with van der Waals surface area (Å²) in [5.74, 6) is 0. The molecule has 0 N–H and O–H groups in total. The van der Waals surface area contributed by atoms with Gasteiger partial charge in [0, 0.05) is 53.0 Å². The van der Waals surface area contributed by atoms with Gasteiger partial charge in [-0.1, -0.05) is 127 Å². The van der Waals surface area contributed by atoms with Crippen LogP contribution in [0.2, 0.25) is 0 Å². The number of thiophene rings is 1. The van der Waals surface area contributed by atoms with Crippen molar-refractivity contribution >= 4 is 75.1 Å². The maximum absolute atomic E-state index is 11.3. The summed E-state index contributed by atoms with van der Waals surface area (Å²) in [4.78, 5) is 0. The molecule has 3 aromatic heterocycles. The van der Waals surface area contributed by atoms with Gasteiger partial charge in [0.15, 0.2) is 0 Å². The Morgan fingerprint density at radius 2 is 0.932 bits per heavy atom. The van der Waals surface area contributed by atoms with E-state index in [0.717, 1.165) is 66.6 Å². The highest BCUT2D eigenvalue weighted by molar-refractivity contribution is 7.25. The van der Waals surface area contributed by atoms with Crippen molar-refractivity contribution in [2.75, 3.05) is 0 Å². The zero-order valence-electron chi connectivity index (χ0n) is 31.8. The predicted molar refractivity (Wildman–Crippen MR) is 249 cm³/mol. The third-order valence-corrected chi connectivity index (χ3v) is 13.1. The monoisotopic (exact) mass is 767 g/mol. The Labute approximate surface area is 344 Å². The van der Waals surface area contributed by atoms with E-state index in [-0.39, 0.29) is 0 Å². The van der Waals surface area contributed by atoms with Crippen LogP contribution in [0.1, 0.15) is 5.56 Å². The number of hydrogen-bond acceptors (Lipinski definition) is 2. The molecule has 274 valence electrons. The maximum Gasteiger partial charge on any atom is 0.102 e. The van der Waals surface area contributed by atoms with E-state index in [9.17, 15) is 5.26 Å². The second kappa shape index (κ2) is 13.2. The minimum absolute atomic E-state index is 0.652. The van der Waals surface area contributed by atoms with Crippen molar-refractivity contribution < 1.29 is 0 Å². The number of para-hydroxylation sites is 3. The van der Waals surface area contributed by atoms with Crippen LogP contribution in [0.25, 0.3) is 109 Å². The number of nitriles is 1. The average Bonchev–Trinajstić information content (AvgIpc) is 3.96. The van der Waals surface area contributed by atoms with Crippen LogP contribution < -0.4 is 0 Å². The van der Waals surface area contributed by atoms with Crippen LogP contribution >= 0.6 is 11.3 Å². The standard InChI is InChI=1S/C55H33N3S/c56-34-47-44(42-21-13-25-54-55(42)43-20-9-12-24-53(43)59-54)32-38(35-14-3-1-4-15-35)33-52(47)58-49-23-11-8-19-41(49)46-31-37(27-29-51(46)58)36-26-28-50-45(30-36)40-18-7-10-22-48(40)57(50)39-16-5-2-6-17-39/h1-33H. The maximum atomic E-state index is 11.3. The molecule has 12 rings (SSSR count). The van der Waals surface area contributed by atoms with Gasteiger partial charge in [0.2, 0.25) is 0 Å². The van der Waals surface area contributed by atoms with Crippen LogP contribution in [-0.2, 0) is 0 Å². The molecule has 0 amide bonds. The quantitative estimate of drug-likeness (QED) is 0.172. The first-order valence-electron chi connectivity index (χ1n) is 19.9. The van der Waals surface area contributed by atoms with Crippen LogP contribution in [0, 0.1) is 11.3 Å². The normalized spacial score (nSPS) is 11.7. The molecule has 9 aromatic carbocycles. The molecule has 0 radical (unpaired) electrons. The van der Waals surface area contributed by atoms with Crippen molar-refractivity contribution in [2.24, 2.45) is 0 Å². The summed E-state index contributed by atoms with van der Waals surface area (Å²) in [5.41, 5.74) is 13.7. The molecule has 0 spiro atoms. The Morgan fingerprint density at radius 3 is 1.63 bits per heavy atom. The van der Waals surface area contributed by atoms with E-state index in [1.165, 1.54) is 42.0 Å². The molecule has 0 saturated carbocycles.